The fourth-order valence-electron chi connectivity index (χ4n) is 7.34. The minimum Gasteiger partial charge on any atom is -0.385 e. The van der Waals surface area contributed by atoms with Crippen molar-refractivity contribution in [3.05, 3.63) is 71.5 Å². The van der Waals surface area contributed by atoms with E-state index in [4.69, 9.17) is 0 Å². The summed E-state index contributed by atoms with van der Waals surface area (Å²) in [7, 11) is 5.76. The van der Waals surface area contributed by atoms with Crippen LogP contribution in [0.2, 0.25) is 0 Å². The zero-order valence-corrected chi connectivity index (χ0v) is 21.7. The minimum atomic E-state index is -1.95. The Kier molecular flexibility index (Phi) is 4.37. The van der Waals surface area contributed by atoms with Crippen molar-refractivity contribution in [2.75, 3.05) is 28.2 Å². The van der Waals surface area contributed by atoms with Gasteiger partial charge in [0.15, 0.2) is 11.1 Å². The van der Waals surface area contributed by atoms with Gasteiger partial charge in [-0.15, -0.1) is 0 Å². The second-order valence-electron chi connectivity index (χ2n) is 10.6. The lowest BCUT2D eigenvalue weighted by Gasteiger charge is -2.54. The number of carbonyl (C=O) groups is 4. The van der Waals surface area contributed by atoms with Crippen LogP contribution in [-0.2, 0) is 15.1 Å². The molecular weight excluding hydrogens is 500 g/mol. The van der Waals surface area contributed by atoms with Crippen molar-refractivity contribution in [3.8, 4) is 0 Å². The number of amides is 6. The second kappa shape index (κ2) is 7.26. The highest BCUT2D eigenvalue weighted by Crippen LogP contribution is 2.64. The molecule has 11 heteroatoms. The van der Waals surface area contributed by atoms with Gasteiger partial charge in [-0.3, -0.25) is 19.4 Å². The Bertz CT molecular complexity index is 1770. The average molecular weight is 527 g/mol. The van der Waals surface area contributed by atoms with Crippen LogP contribution >= 0.6 is 0 Å². The van der Waals surface area contributed by atoms with Gasteiger partial charge in [0.25, 0.3) is 11.8 Å². The summed E-state index contributed by atoms with van der Waals surface area (Å²) in [5.74, 6) is -2.40. The maximum Gasteiger partial charge on any atom is 0.327 e. The molecule has 6 amide bonds. The average Bonchev–Trinajstić information content (AvgIpc) is 3.63. The van der Waals surface area contributed by atoms with Crippen LogP contribution in [0.25, 0.3) is 21.8 Å². The predicted octanol–water partition coefficient (Wildman–Crippen LogP) is 2.46. The molecule has 2 aliphatic heterocycles. The van der Waals surface area contributed by atoms with Gasteiger partial charge in [-0.25, -0.2) is 9.59 Å². The van der Waals surface area contributed by atoms with Crippen LogP contribution in [0.1, 0.15) is 28.8 Å². The lowest BCUT2D eigenvalue weighted by atomic mass is 9.57. The maximum atomic E-state index is 14.5. The fourth-order valence-corrected chi connectivity index (χ4v) is 7.34. The van der Waals surface area contributed by atoms with Crippen molar-refractivity contribution in [3.63, 3.8) is 0 Å². The smallest absolute Gasteiger partial charge is 0.327 e. The summed E-state index contributed by atoms with van der Waals surface area (Å²) in [5, 5.41) is 13.7. The Balaban J connectivity index is 1.72. The monoisotopic (exact) mass is 526 g/mol. The number of nitrogens with zero attached hydrogens (tertiary/aromatic N) is 4. The number of para-hydroxylation sites is 2. The number of hydrogen-bond acceptors (Lipinski definition) is 5. The number of likely N-dealkylation sites (N-methyl/N-ethyl adjacent to an activating group) is 4. The van der Waals surface area contributed by atoms with Crippen LogP contribution in [-0.4, -0.2) is 92.3 Å². The molecule has 4 atom stereocenters. The van der Waals surface area contributed by atoms with Gasteiger partial charge in [0.2, 0.25) is 0 Å². The Morgan fingerprint density at radius 1 is 0.769 bits per heavy atom. The summed E-state index contributed by atoms with van der Waals surface area (Å²) in [6, 6.07) is 13.4. The van der Waals surface area contributed by atoms with E-state index in [1.54, 1.807) is 18.3 Å². The van der Waals surface area contributed by atoms with Crippen LogP contribution in [0.5, 0.6) is 0 Å². The molecule has 2 spiro atoms. The van der Waals surface area contributed by atoms with Crippen molar-refractivity contribution in [2.24, 2.45) is 0 Å². The van der Waals surface area contributed by atoms with Crippen molar-refractivity contribution < 1.29 is 24.3 Å². The number of imide groups is 2. The van der Waals surface area contributed by atoms with E-state index in [1.807, 2.05) is 36.4 Å². The molecule has 0 radical (unpaired) electrons. The zero-order chi connectivity index (χ0) is 27.6. The van der Waals surface area contributed by atoms with Gasteiger partial charge in [-0.2, -0.15) is 0 Å². The second-order valence-corrected chi connectivity index (χ2v) is 10.6. The van der Waals surface area contributed by atoms with Crippen LogP contribution in [0.4, 0.5) is 9.59 Å². The maximum absolute atomic E-state index is 14.5. The third-order valence-electron chi connectivity index (χ3n) is 9.12. The Morgan fingerprint density at radius 2 is 1.36 bits per heavy atom. The van der Waals surface area contributed by atoms with Crippen LogP contribution in [0, 0.1) is 0 Å². The zero-order valence-electron chi connectivity index (χ0n) is 21.7. The van der Waals surface area contributed by atoms with Crippen molar-refractivity contribution in [1.82, 2.24) is 29.6 Å². The first-order valence-corrected chi connectivity index (χ1v) is 12.6. The Morgan fingerprint density at radius 3 is 1.97 bits per heavy atom. The quantitative estimate of drug-likeness (QED) is 0.328. The molecule has 3 aliphatic rings. The molecule has 0 saturated carbocycles. The lowest BCUT2D eigenvalue weighted by molar-refractivity contribution is -0.151. The molecule has 2 fully saturated rings. The van der Waals surface area contributed by atoms with Gasteiger partial charge >= 0.3 is 12.1 Å². The van der Waals surface area contributed by atoms with Crippen molar-refractivity contribution in [1.29, 1.82) is 0 Å². The summed E-state index contributed by atoms with van der Waals surface area (Å²) in [6.07, 6.45) is 0.175. The van der Waals surface area contributed by atoms with Gasteiger partial charge < -0.3 is 24.9 Å². The number of aromatic amines is 2. The summed E-state index contributed by atoms with van der Waals surface area (Å²) in [4.78, 5) is 67.1. The highest BCUT2D eigenvalue weighted by Gasteiger charge is 2.77. The molecule has 39 heavy (non-hydrogen) atoms. The van der Waals surface area contributed by atoms with Crippen LogP contribution in [0.15, 0.2) is 54.7 Å². The number of aliphatic hydroxyl groups is 1. The predicted molar refractivity (Wildman–Crippen MR) is 141 cm³/mol. The summed E-state index contributed by atoms with van der Waals surface area (Å²) in [6.45, 7) is 0. The molecule has 2 saturated heterocycles. The Labute approximate surface area is 222 Å². The van der Waals surface area contributed by atoms with E-state index < -0.39 is 47.0 Å². The van der Waals surface area contributed by atoms with Gasteiger partial charge in [0, 0.05) is 61.8 Å². The molecule has 198 valence electrons. The first-order chi connectivity index (χ1) is 18.6. The van der Waals surface area contributed by atoms with Gasteiger partial charge in [0.05, 0.1) is 11.6 Å². The molecule has 0 unspecified atom stereocenters. The standard InChI is InChI=1S/C28H26N6O5/c1-31-23(36)27(33(3)25(31)38)20(16-13-29-17-11-7-5-9-14(16)17)28(24(37)32(2)26(39)34(28)4)22(35)19-15-10-6-8-12-18(15)30-21(19)27/h5-13,20,22,29-30,35H,1-4H3/t20-,22+,27-,28+/m1/s1. The molecule has 2 aromatic heterocycles. The van der Waals surface area contributed by atoms with E-state index >= 15 is 0 Å². The fraction of sp³-hybridized carbons (Fsp3) is 0.286. The number of aromatic nitrogens is 2. The summed E-state index contributed by atoms with van der Waals surface area (Å²) in [5.41, 5.74) is -1.20. The highest BCUT2D eigenvalue weighted by atomic mass is 16.3. The number of aliphatic hydroxyl groups excluding tert-OH is 1. The minimum absolute atomic E-state index is 0.313. The highest BCUT2D eigenvalue weighted by molar-refractivity contribution is 6.14. The SMILES string of the molecule is CN1C(=O)N(C)[C@]2(C1=O)[C@@H](O)c1c([nH]c3ccccc13)[C@@]1(C(=O)N(C)C(=O)N1C)[C@H]2c1c[nH]c2ccccc12. The van der Waals surface area contributed by atoms with E-state index in [2.05, 4.69) is 9.97 Å². The summed E-state index contributed by atoms with van der Waals surface area (Å²) >= 11 is 0. The van der Waals surface area contributed by atoms with Crippen LogP contribution < -0.4 is 0 Å². The number of fused-ring (bicyclic) bond motifs is 5. The normalized spacial score (nSPS) is 28.8. The largest absolute Gasteiger partial charge is 0.385 e. The number of nitrogens with one attached hydrogen (secondary N) is 2. The first-order valence-electron chi connectivity index (χ1n) is 12.6. The number of rotatable bonds is 1. The van der Waals surface area contributed by atoms with Crippen molar-refractivity contribution >= 4 is 45.7 Å². The topological polar surface area (TPSA) is 133 Å². The van der Waals surface area contributed by atoms with Crippen LogP contribution in [0.3, 0.4) is 0 Å². The molecule has 0 bridgehead atoms. The van der Waals surface area contributed by atoms with E-state index in [0.29, 0.717) is 33.1 Å². The number of urea groups is 2. The molecular formula is C28H26N6O5. The first kappa shape index (κ1) is 23.5. The van der Waals surface area contributed by atoms with E-state index in [0.717, 1.165) is 15.3 Å². The number of benzene rings is 2. The molecule has 2 aromatic carbocycles. The third kappa shape index (κ3) is 2.34. The number of carbonyl (C=O) groups excluding carboxylic acids is 4. The number of H-pyrrole nitrogens is 2. The molecule has 4 heterocycles. The van der Waals surface area contributed by atoms with E-state index in [1.165, 1.54) is 38.0 Å². The van der Waals surface area contributed by atoms with Gasteiger partial charge in [0.1, 0.15) is 6.10 Å². The molecule has 11 nitrogen and oxygen atoms in total. The molecule has 7 rings (SSSR count). The van der Waals surface area contributed by atoms with E-state index in [-0.39, 0.29) is 0 Å². The van der Waals surface area contributed by atoms with Gasteiger partial charge in [-0.1, -0.05) is 36.4 Å². The lowest BCUT2D eigenvalue weighted by Crippen LogP contribution is -2.69. The van der Waals surface area contributed by atoms with Crippen molar-refractivity contribution in [2.45, 2.75) is 23.1 Å². The van der Waals surface area contributed by atoms with Gasteiger partial charge in [-0.05, 0) is 17.7 Å². The molecule has 1 aliphatic carbocycles. The number of hydrogen-bond donors (Lipinski definition) is 3. The summed E-state index contributed by atoms with van der Waals surface area (Å²) < 4.78 is 0. The Hall–Kier alpha value is -4.64. The third-order valence-corrected chi connectivity index (χ3v) is 9.12. The van der Waals surface area contributed by atoms with E-state index in [9.17, 15) is 24.3 Å². The molecule has 3 N–H and O–H groups in total. The molecule has 4 aromatic rings.